The lowest BCUT2D eigenvalue weighted by Crippen LogP contribution is -2.59. The largest absolute Gasteiger partial charge is 0.481 e. The molecule has 8 rings (SSSR count). The zero-order valence-corrected chi connectivity index (χ0v) is 43.5. The SMILES string of the molecule is Cc1cc(S(=O)(=O)Nc2ccc(N3CCN(c4cc(F)cc(-c5c(S(C)(=O)=O)c(C)n(C(C)C)c5-c5ccc(Cl)cc5)c4)CC3)cc2)ccc1N[C@H](CCN1CC(C)(C(=O)O)C1)CSc1ccccc1. The molecule has 70 heavy (non-hydrogen) atoms. The monoisotopic (exact) mass is 1030 g/mol. The molecule has 0 unspecified atom stereocenters. The maximum Gasteiger partial charge on any atom is 0.311 e. The molecule has 3 N–H and O–H groups in total. The molecule has 0 radical (unpaired) electrons. The van der Waals surface area contributed by atoms with Gasteiger partial charge in [0.2, 0.25) is 0 Å². The summed E-state index contributed by atoms with van der Waals surface area (Å²) in [7, 11) is -7.68. The maximum atomic E-state index is 15.7. The summed E-state index contributed by atoms with van der Waals surface area (Å²) in [6, 6.07) is 34.4. The van der Waals surface area contributed by atoms with Crippen molar-refractivity contribution in [3.8, 4) is 22.4 Å². The number of likely N-dealkylation sites (tertiary alicyclic amines) is 1. The summed E-state index contributed by atoms with van der Waals surface area (Å²) in [6.07, 6.45) is 1.98. The van der Waals surface area contributed by atoms with Crippen molar-refractivity contribution in [2.24, 2.45) is 5.41 Å². The van der Waals surface area contributed by atoms with Crippen LogP contribution in [0.2, 0.25) is 5.02 Å². The summed E-state index contributed by atoms with van der Waals surface area (Å²) in [5.41, 5.74) is 5.84. The number of benzene rings is 5. The van der Waals surface area contributed by atoms with E-state index in [1.807, 2.05) is 73.9 Å². The van der Waals surface area contributed by atoms with Crippen molar-refractivity contribution in [3.05, 3.63) is 137 Å². The van der Waals surface area contributed by atoms with E-state index >= 15 is 4.39 Å². The fourth-order valence-corrected chi connectivity index (χ4v) is 13.2. The molecule has 2 fully saturated rings. The standard InChI is InChI=1S/C53H60ClFN6O6S3/c1-35(2)61-37(4)51(69(6,64)65)49(50(61)38-12-14-40(54)15-13-38)39-29-41(55)31-45(30-39)60-26-24-59(25-27-60)44-18-16-42(17-19-44)57-70(66,67)47-20-21-48(36(3)28-47)56-43(32-68-46-10-8-7-9-11-46)22-23-58-33-53(5,34-58)52(62)63/h7-21,28-31,35,43,56-57H,22-27,32-34H2,1-6H3,(H,62,63)/t43-/m1/s1. The second-order valence-electron chi connectivity index (χ2n) is 19.0. The molecule has 6 aromatic rings. The Hall–Kier alpha value is -5.52. The number of anilines is 4. The molecule has 370 valence electrons. The number of carboxylic acid groups (broad SMARTS) is 1. The third-order valence-corrected chi connectivity index (χ3v) is 17.3. The summed E-state index contributed by atoms with van der Waals surface area (Å²) in [5.74, 6) is -0.478. The number of sulfonamides is 1. The highest BCUT2D eigenvalue weighted by Crippen LogP contribution is 2.45. The lowest BCUT2D eigenvalue weighted by Gasteiger charge is -2.45. The molecule has 1 aromatic heterocycles. The van der Waals surface area contributed by atoms with Crippen LogP contribution in [0.3, 0.4) is 0 Å². The zero-order chi connectivity index (χ0) is 50.1. The van der Waals surface area contributed by atoms with Crippen molar-refractivity contribution >= 4 is 71.9 Å². The second kappa shape index (κ2) is 20.7. The van der Waals surface area contributed by atoms with Crippen molar-refractivity contribution in [3.63, 3.8) is 0 Å². The van der Waals surface area contributed by atoms with Gasteiger partial charge in [-0.05, 0) is 143 Å². The fraction of sp³-hybridized carbons (Fsp3) is 0.340. The number of aryl methyl sites for hydroxylation is 1. The number of carbonyl (C=O) groups is 1. The first kappa shape index (κ1) is 50.9. The molecule has 0 saturated carbocycles. The Labute approximate surface area is 420 Å². The number of halogens is 2. The molecule has 2 aliphatic heterocycles. The molecule has 2 saturated heterocycles. The predicted octanol–water partition coefficient (Wildman–Crippen LogP) is 10.7. The number of aliphatic carboxylic acids is 1. The first-order chi connectivity index (χ1) is 33.2. The second-order valence-corrected chi connectivity index (χ2v) is 24.2. The van der Waals surface area contributed by atoms with Crippen molar-refractivity contribution in [2.45, 2.75) is 67.8 Å². The van der Waals surface area contributed by atoms with E-state index in [2.05, 4.69) is 36.9 Å². The molecule has 2 aliphatic rings. The smallest absolute Gasteiger partial charge is 0.311 e. The average Bonchev–Trinajstić information content (AvgIpc) is 3.64. The number of hydrogen-bond acceptors (Lipinski definition) is 10. The number of nitrogens with one attached hydrogen (secondary N) is 2. The van der Waals surface area contributed by atoms with E-state index in [0.29, 0.717) is 78.2 Å². The Bertz CT molecular complexity index is 3080. The van der Waals surface area contributed by atoms with Gasteiger partial charge in [-0.1, -0.05) is 41.9 Å². The molecule has 12 nitrogen and oxygen atoms in total. The predicted molar refractivity (Wildman–Crippen MR) is 283 cm³/mol. The molecule has 0 spiro atoms. The number of sulfone groups is 1. The van der Waals surface area contributed by atoms with Crippen LogP contribution < -0.4 is 19.8 Å². The van der Waals surface area contributed by atoms with Gasteiger partial charge in [0.05, 0.1) is 20.9 Å². The van der Waals surface area contributed by atoms with Crippen LogP contribution in [0.15, 0.2) is 130 Å². The first-order valence-corrected chi connectivity index (χ1v) is 28.1. The number of thioether (sulfide) groups is 1. The third kappa shape index (κ3) is 11.3. The summed E-state index contributed by atoms with van der Waals surface area (Å²) in [6.45, 7) is 13.6. The first-order valence-electron chi connectivity index (χ1n) is 23.3. The Balaban J connectivity index is 0.923. The molecular weight excluding hydrogens is 967 g/mol. The van der Waals surface area contributed by atoms with E-state index < -0.39 is 37.1 Å². The van der Waals surface area contributed by atoms with Gasteiger partial charge in [-0.15, -0.1) is 11.8 Å². The van der Waals surface area contributed by atoms with Crippen molar-refractivity contribution in [1.82, 2.24) is 9.47 Å². The number of rotatable bonds is 18. The van der Waals surface area contributed by atoms with Crippen LogP contribution in [0.4, 0.5) is 27.1 Å². The van der Waals surface area contributed by atoms with E-state index in [9.17, 15) is 26.7 Å². The normalized spacial score (nSPS) is 15.7. The van der Waals surface area contributed by atoms with Crippen LogP contribution in [0.5, 0.6) is 0 Å². The van der Waals surface area contributed by atoms with Gasteiger partial charge in [0.1, 0.15) is 5.82 Å². The number of hydrogen-bond donors (Lipinski definition) is 3. The van der Waals surface area contributed by atoms with Crippen molar-refractivity contribution in [2.75, 3.05) is 77.7 Å². The Morgan fingerprint density at radius 3 is 2.07 bits per heavy atom. The Morgan fingerprint density at radius 1 is 0.829 bits per heavy atom. The molecular formula is C53H60ClFN6O6S3. The molecule has 1 atom stereocenters. The lowest BCUT2D eigenvalue weighted by atomic mass is 9.82. The highest BCUT2D eigenvalue weighted by Gasteiger charge is 2.45. The molecule has 3 heterocycles. The molecule has 17 heteroatoms. The van der Waals surface area contributed by atoms with Crippen molar-refractivity contribution < 1.29 is 31.1 Å². The van der Waals surface area contributed by atoms with Crippen LogP contribution in [0.25, 0.3) is 22.4 Å². The van der Waals surface area contributed by atoms with E-state index in [0.717, 1.165) is 46.1 Å². The summed E-state index contributed by atoms with van der Waals surface area (Å²) < 4.78 is 74.9. The number of aromatic nitrogens is 1. The quantitative estimate of drug-likeness (QED) is 0.0708. The molecule has 0 bridgehead atoms. The van der Waals surface area contributed by atoms with Crippen LogP contribution in [-0.2, 0) is 24.7 Å². The summed E-state index contributed by atoms with van der Waals surface area (Å²) in [5, 5.41) is 13.8. The molecule has 0 amide bonds. The molecule has 5 aromatic carbocycles. The van der Waals surface area contributed by atoms with Crippen LogP contribution in [0, 0.1) is 25.1 Å². The number of piperazine rings is 1. The van der Waals surface area contributed by atoms with Crippen LogP contribution in [0.1, 0.15) is 44.5 Å². The van der Waals surface area contributed by atoms with Gasteiger partial charge < -0.3 is 29.7 Å². The lowest BCUT2D eigenvalue weighted by molar-refractivity contribution is -0.158. The topological polar surface area (TPSA) is 144 Å². The van der Waals surface area contributed by atoms with Crippen LogP contribution in [-0.4, -0.2) is 101 Å². The molecule has 0 aliphatic carbocycles. The van der Waals surface area contributed by atoms with Crippen LogP contribution >= 0.6 is 23.4 Å². The van der Waals surface area contributed by atoms with Gasteiger partial charge >= 0.3 is 5.97 Å². The van der Waals surface area contributed by atoms with E-state index in [4.69, 9.17) is 11.6 Å². The number of carboxylic acids is 1. The van der Waals surface area contributed by atoms with E-state index in [-0.39, 0.29) is 21.9 Å². The minimum absolute atomic E-state index is 0.0434. The average molecular weight is 1030 g/mol. The highest BCUT2D eigenvalue weighted by atomic mass is 35.5. The zero-order valence-electron chi connectivity index (χ0n) is 40.2. The van der Waals surface area contributed by atoms with Gasteiger partial charge in [-0.3, -0.25) is 9.52 Å². The minimum Gasteiger partial charge on any atom is -0.481 e. The van der Waals surface area contributed by atoms with E-state index in [1.165, 1.54) is 18.4 Å². The maximum absolute atomic E-state index is 15.7. The van der Waals surface area contributed by atoms with Crippen molar-refractivity contribution in [1.29, 1.82) is 0 Å². The third-order valence-electron chi connectivity index (χ3n) is 13.2. The highest BCUT2D eigenvalue weighted by molar-refractivity contribution is 7.99. The van der Waals surface area contributed by atoms with Gasteiger partial charge in [-0.2, -0.15) is 0 Å². The van der Waals surface area contributed by atoms with Gasteiger partial charge in [0.15, 0.2) is 9.84 Å². The number of nitrogens with zero attached hydrogens (tertiary/aromatic N) is 4. The Morgan fingerprint density at radius 2 is 1.47 bits per heavy atom. The minimum atomic E-state index is -3.93. The van der Waals surface area contributed by atoms with Gasteiger partial charge in [-0.25, -0.2) is 21.2 Å². The van der Waals surface area contributed by atoms with E-state index in [1.54, 1.807) is 68.1 Å². The summed E-state index contributed by atoms with van der Waals surface area (Å²) >= 11 is 8.00. The van der Waals surface area contributed by atoms with Gasteiger partial charge in [0.25, 0.3) is 10.0 Å². The fourth-order valence-electron chi connectivity index (χ4n) is 9.69. The van der Waals surface area contributed by atoms with Gasteiger partial charge in [0, 0.05) is 114 Å². The Kier molecular flexibility index (Phi) is 15.0. The summed E-state index contributed by atoms with van der Waals surface area (Å²) in [4.78, 5) is 19.6.